The van der Waals surface area contributed by atoms with Gasteiger partial charge in [-0.05, 0) is 45.0 Å². The molecule has 2 heterocycles. The van der Waals surface area contributed by atoms with E-state index in [-0.39, 0.29) is 11.9 Å². The van der Waals surface area contributed by atoms with E-state index in [1.807, 2.05) is 18.5 Å². The summed E-state index contributed by atoms with van der Waals surface area (Å²) in [6.07, 6.45) is 1.72. The Labute approximate surface area is 149 Å². The summed E-state index contributed by atoms with van der Waals surface area (Å²) < 4.78 is 1.83. The first-order chi connectivity index (χ1) is 11.4. The van der Waals surface area contributed by atoms with Gasteiger partial charge >= 0.3 is 0 Å². The van der Waals surface area contributed by atoms with Gasteiger partial charge in [-0.3, -0.25) is 4.79 Å². The van der Waals surface area contributed by atoms with Crippen LogP contribution < -0.4 is 5.32 Å². The van der Waals surface area contributed by atoms with Crippen molar-refractivity contribution in [2.45, 2.75) is 26.8 Å². The van der Waals surface area contributed by atoms with Crippen LogP contribution in [-0.2, 0) is 0 Å². The zero-order valence-corrected chi connectivity index (χ0v) is 15.0. The van der Waals surface area contributed by atoms with E-state index in [1.165, 1.54) is 0 Å². The van der Waals surface area contributed by atoms with Gasteiger partial charge in [0, 0.05) is 16.5 Å². The number of hydrogen-bond acceptors (Lipinski definition) is 3. The molecule has 0 aliphatic carbocycles. The molecule has 0 saturated heterocycles. The van der Waals surface area contributed by atoms with Crippen molar-refractivity contribution in [1.82, 2.24) is 14.8 Å². The Hall–Kier alpha value is -2.11. The maximum absolute atomic E-state index is 12.6. The fraction of sp³-hybridized carbons (Fsp3) is 0.235. The van der Waals surface area contributed by atoms with Crippen molar-refractivity contribution in [3.8, 4) is 0 Å². The number of rotatable bonds is 3. The van der Waals surface area contributed by atoms with E-state index in [9.17, 15) is 4.79 Å². The molecule has 24 heavy (non-hydrogen) atoms. The van der Waals surface area contributed by atoms with Gasteiger partial charge in [0.15, 0.2) is 5.65 Å². The Kier molecular flexibility index (Phi) is 4.47. The summed E-state index contributed by atoms with van der Waals surface area (Å²) in [5, 5.41) is 8.84. The molecule has 124 valence electrons. The van der Waals surface area contributed by atoms with Crippen LogP contribution in [0.25, 0.3) is 11.0 Å². The molecule has 3 aromatic rings. The number of nitrogens with zero attached hydrogens (tertiary/aromatic N) is 3. The van der Waals surface area contributed by atoms with Crippen LogP contribution in [0.1, 0.15) is 35.9 Å². The van der Waals surface area contributed by atoms with Gasteiger partial charge in [0.05, 0.1) is 28.2 Å². The van der Waals surface area contributed by atoms with Gasteiger partial charge in [0.25, 0.3) is 5.91 Å². The maximum atomic E-state index is 12.6. The highest BCUT2D eigenvalue weighted by molar-refractivity contribution is 6.36. The van der Waals surface area contributed by atoms with E-state index in [4.69, 9.17) is 23.2 Å². The number of fused-ring (bicyclic) bond motifs is 1. The first-order valence-corrected chi connectivity index (χ1v) is 8.23. The molecule has 0 fully saturated rings. The molecule has 2 aromatic heterocycles. The minimum atomic E-state index is -0.275. The summed E-state index contributed by atoms with van der Waals surface area (Å²) in [5.41, 5.74) is 2.39. The molecule has 0 bridgehead atoms. The Bertz CT molecular complexity index is 934. The van der Waals surface area contributed by atoms with Gasteiger partial charge in [0.1, 0.15) is 0 Å². The number of amides is 1. The number of hydrogen-bond donors (Lipinski definition) is 1. The fourth-order valence-electron chi connectivity index (χ4n) is 2.45. The number of aromatic nitrogens is 3. The lowest BCUT2D eigenvalue weighted by Gasteiger charge is -2.11. The van der Waals surface area contributed by atoms with Crippen molar-refractivity contribution in [1.29, 1.82) is 0 Å². The van der Waals surface area contributed by atoms with E-state index in [0.717, 1.165) is 11.0 Å². The molecule has 0 radical (unpaired) electrons. The van der Waals surface area contributed by atoms with Crippen LogP contribution in [0.2, 0.25) is 10.0 Å². The number of nitrogens with one attached hydrogen (secondary N) is 1. The van der Waals surface area contributed by atoms with Crippen LogP contribution >= 0.6 is 23.2 Å². The average Bonchev–Trinajstić information content (AvgIpc) is 2.92. The summed E-state index contributed by atoms with van der Waals surface area (Å²) in [4.78, 5) is 17.1. The summed E-state index contributed by atoms with van der Waals surface area (Å²) >= 11 is 12.0. The van der Waals surface area contributed by atoms with Crippen molar-refractivity contribution in [2.75, 3.05) is 5.32 Å². The number of pyridine rings is 1. The number of carbonyl (C=O) groups is 1. The average molecular weight is 363 g/mol. The molecule has 7 heteroatoms. The minimum Gasteiger partial charge on any atom is -0.321 e. The lowest BCUT2D eigenvalue weighted by Crippen LogP contribution is -2.15. The lowest BCUT2D eigenvalue weighted by molar-refractivity contribution is 0.102. The lowest BCUT2D eigenvalue weighted by atomic mass is 10.1. The molecule has 5 nitrogen and oxygen atoms in total. The van der Waals surface area contributed by atoms with Gasteiger partial charge in [0.2, 0.25) is 0 Å². The van der Waals surface area contributed by atoms with Gasteiger partial charge in [-0.15, -0.1) is 0 Å². The molecular weight excluding hydrogens is 347 g/mol. The smallest absolute Gasteiger partial charge is 0.257 e. The summed E-state index contributed by atoms with van der Waals surface area (Å²) in [6.45, 7) is 5.87. The zero-order valence-electron chi connectivity index (χ0n) is 13.5. The van der Waals surface area contributed by atoms with E-state index in [0.29, 0.717) is 27.0 Å². The van der Waals surface area contributed by atoms with Crippen LogP contribution in [0.15, 0.2) is 30.5 Å². The molecule has 0 aliphatic heterocycles. The Morgan fingerprint density at radius 1 is 1.25 bits per heavy atom. The molecular formula is C17H16Cl2N4O. The van der Waals surface area contributed by atoms with E-state index in [1.54, 1.807) is 37.4 Å². The van der Waals surface area contributed by atoms with Crippen LogP contribution in [0, 0.1) is 6.92 Å². The molecule has 1 N–H and O–H groups in total. The molecule has 1 amide bonds. The Morgan fingerprint density at radius 3 is 2.67 bits per heavy atom. The van der Waals surface area contributed by atoms with E-state index in [2.05, 4.69) is 15.4 Å². The summed E-state index contributed by atoms with van der Waals surface area (Å²) in [5.74, 6) is -0.275. The quantitative estimate of drug-likeness (QED) is 0.722. The second kappa shape index (κ2) is 6.42. The predicted molar refractivity (Wildman–Crippen MR) is 97.1 cm³/mol. The monoisotopic (exact) mass is 362 g/mol. The maximum Gasteiger partial charge on any atom is 0.257 e. The molecule has 0 atom stereocenters. The molecule has 0 spiro atoms. The highest BCUT2D eigenvalue weighted by Crippen LogP contribution is 2.26. The zero-order chi connectivity index (χ0) is 17.4. The van der Waals surface area contributed by atoms with Gasteiger partial charge in [-0.25, -0.2) is 9.67 Å². The molecule has 1 aromatic carbocycles. The SMILES string of the molecule is Cc1nc2c(cnn2C(C)C)cc1C(=O)Nc1ccc(Cl)cc1Cl. The van der Waals surface area contributed by atoms with Crippen molar-refractivity contribution in [3.05, 3.63) is 51.8 Å². The third-order valence-corrected chi connectivity index (χ3v) is 4.22. The topological polar surface area (TPSA) is 59.8 Å². The normalized spacial score (nSPS) is 11.2. The van der Waals surface area contributed by atoms with E-state index < -0.39 is 0 Å². The first-order valence-electron chi connectivity index (χ1n) is 7.48. The van der Waals surface area contributed by atoms with Crippen molar-refractivity contribution < 1.29 is 4.79 Å². The summed E-state index contributed by atoms with van der Waals surface area (Å²) in [6, 6.07) is 6.91. The highest BCUT2D eigenvalue weighted by atomic mass is 35.5. The van der Waals surface area contributed by atoms with Gasteiger partial charge in [-0.1, -0.05) is 23.2 Å². The number of benzene rings is 1. The fourth-order valence-corrected chi connectivity index (χ4v) is 2.91. The number of halogens is 2. The molecule has 0 aliphatic rings. The van der Waals surface area contributed by atoms with Crippen molar-refractivity contribution in [3.63, 3.8) is 0 Å². The molecule has 0 unspecified atom stereocenters. The number of anilines is 1. The van der Waals surface area contributed by atoms with Crippen LogP contribution in [0.5, 0.6) is 0 Å². The Balaban J connectivity index is 1.96. The predicted octanol–water partition coefficient (Wildman–Crippen LogP) is 4.88. The third-order valence-electron chi connectivity index (χ3n) is 3.67. The number of aryl methyl sites for hydroxylation is 1. The molecule has 0 saturated carbocycles. The van der Waals surface area contributed by atoms with Crippen LogP contribution in [0.3, 0.4) is 0 Å². The van der Waals surface area contributed by atoms with E-state index >= 15 is 0 Å². The van der Waals surface area contributed by atoms with Crippen molar-refractivity contribution in [2.24, 2.45) is 0 Å². The highest BCUT2D eigenvalue weighted by Gasteiger charge is 2.16. The second-order valence-electron chi connectivity index (χ2n) is 5.80. The Morgan fingerprint density at radius 2 is 2.00 bits per heavy atom. The third kappa shape index (κ3) is 3.09. The number of carbonyl (C=O) groups excluding carboxylic acids is 1. The van der Waals surface area contributed by atoms with Gasteiger partial charge in [-0.2, -0.15) is 5.10 Å². The van der Waals surface area contributed by atoms with Gasteiger partial charge < -0.3 is 5.32 Å². The largest absolute Gasteiger partial charge is 0.321 e. The standard InChI is InChI=1S/C17H16Cl2N4O/c1-9(2)23-16-11(8-20-23)6-13(10(3)21-16)17(24)22-15-5-4-12(18)7-14(15)19/h4-9H,1-3H3,(H,22,24). The minimum absolute atomic E-state index is 0.196. The van der Waals surface area contributed by atoms with Crippen molar-refractivity contribution >= 4 is 45.8 Å². The summed E-state index contributed by atoms with van der Waals surface area (Å²) in [7, 11) is 0. The molecule has 3 rings (SSSR count). The van der Waals surface area contributed by atoms with Crippen LogP contribution in [-0.4, -0.2) is 20.7 Å². The second-order valence-corrected chi connectivity index (χ2v) is 6.64. The first kappa shape index (κ1) is 16.7. The van der Waals surface area contributed by atoms with Crippen LogP contribution in [0.4, 0.5) is 5.69 Å².